The molecule has 2 rings (SSSR count). The maximum Gasteiger partial charge on any atom is 0.348 e. The summed E-state index contributed by atoms with van der Waals surface area (Å²) in [6.07, 6.45) is 0. The Hall–Kier alpha value is -0.910. The van der Waals surface area contributed by atoms with Gasteiger partial charge in [-0.2, -0.15) is 0 Å². The zero-order valence-corrected chi connectivity index (χ0v) is 10.3. The third-order valence-electron chi connectivity index (χ3n) is 2.57. The largest absolute Gasteiger partial charge is 0.465 e. The molecular formula is C11H14O4S. The molecule has 4 nitrogen and oxygen atoms in total. The molecule has 0 aliphatic carbocycles. The standard InChI is InChI=1S/C11H14O4S/c1-7-6-8(11(2)14-4-5-15-11)16-9(7)10(12)13-3/h6H,4-5H2,1-3H3. The first-order valence-electron chi connectivity index (χ1n) is 5.04. The highest BCUT2D eigenvalue weighted by atomic mass is 32.1. The van der Waals surface area contributed by atoms with Crippen molar-refractivity contribution < 1.29 is 19.0 Å². The maximum atomic E-state index is 11.5. The van der Waals surface area contributed by atoms with Crippen LogP contribution in [0.3, 0.4) is 0 Å². The Bertz CT molecular complexity index is 404. The van der Waals surface area contributed by atoms with E-state index in [1.54, 1.807) is 0 Å². The minimum absolute atomic E-state index is 0.310. The predicted octanol–water partition coefficient (Wildman–Crippen LogP) is 2.06. The van der Waals surface area contributed by atoms with Crippen LogP contribution in [0.15, 0.2) is 6.07 Å². The number of methoxy groups -OCH3 is 1. The van der Waals surface area contributed by atoms with Gasteiger partial charge in [0.25, 0.3) is 0 Å². The average Bonchev–Trinajstić information content (AvgIpc) is 2.85. The van der Waals surface area contributed by atoms with Crippen LogP contribution in [0, 0.1) is 6.92 Å². The molecule has 2 heterocycles. The topological polar surface area (TPSA) is 44.8 Å². The van der Waals surface area contributed by atoms with E-state index in [4.69, 9.17) is 14.2 Å². The van der Waals surface area contributed by atoms with Gasteiger partial charge in [-0.1, -0.05) is 0 Å². The fourth-order valence-corrected chi connectivity index (χ4v) is 2.80. The number of aryl methyl sites for hydroxylation is 1. The number of carbonyl (C=O) groups is 1. The second-order valence-corrected chi connectivity index (χ2v) is 4.81. The molecule has 1 aliphatic heterocycles. The van der Waals surface area contributed by atoms with Gasteiger partial charge in [0.05, 0.1) is 25.2 Å². The minimum atomic E-state index is -0.707. The fourth-order valence-electron chi connectivity index (χ4n) is 1.66. The van der Waals surface area contributed by atoms with Crippen LogP contribution in [0.2, 0.25) is 0 Å². The molecular weight excluding hydrogens is 228 g/mol. The Kier molecular flexibility index (Phi) is 3.01. The highest BCUT2D eigenvalue weighted by Crippen LogP contribution is 2.37. The molecule has 1 saturated heterocycles. The second-order valence-electron chi connectivity index (χ2n) is 3.76. The van der Waals surface area contributed by atoms with E-state index in [0.29, 0.717) is 18.1 Å². The third-order valence-corrected chi connectivity index (χ3v) is 3.98. The molecule has 0 bridgehead atoms. The van der Waals surface area contributed by atoms with E-state index in [1.165, 1.54) is 18.4 Å². The predicted molar refractivity (Wildman–Crippen MR) is 59.7 cm³/mol. The van der Waals surface area contributed by atoms with Gasteiger partial charge in [0.1, 0.15) is 4.88 Å². The number of rotatable bonds is 2. The molecule has 16 heavy (non-hydrogen) atoms. The number of ether oxygens (including phenoxy) is 3. The first-order valence-corrected chi connectivity index (χ1v) is 5.85. The number of hydrogen-bond donors (Lipinski definition) is 0. The van der Waals surface area contributed by atoms with Crippen molar-refractivity contribution in [3.8, 4) is 0 Å². The molecule has 0 atom stereocenters. The lowest BCUT2D eigenvalue weighted by Crippen LogP contribution is -2.20. The zero-order chi connectivity index (χ0) is 11.8. The molecule has 0 saturated carbocycles. The van der Waals surface area contributed by atoms with Crippen molar-refractivity contribution in [1.29, 1.82) is 0 Å². The normalized spacial score (nSPS) is 18.7. The first kappa shape index (κ1) is 11.6. The molecule has 0 unspecified atom stereocenters. The van der Waals surface area contributed by atoms with E-state index in [2.05, 4.69) is 0 Å². The summed E-state index contributed by atoms with van der Waals surface area (Å²) in [6, 6.07) is 1.92. The quantitative estimate of drug-likeness (QED) is 0.745. The summed E-state index contributed by atoms with van der Waals surface area (Å²) in [7, 11) is 1.38. The summed E-state index contributed by atoms with van der Waals surface area (Å²) in [5.41, 5.74) is 0.896. The zero-order valence-electron chi connectivity index (χ0n) is 9.53. The summed E-state index contributed by atoms with van der Waals surface area (Å²) in [6.45, 7) is 4.92. The van der Waals surface area contributed by atoms with Gasteiger partial charge in [-0.3, -0.25) is 0 Å². The van der Waals surface area contributed by atoms with Crippen molar-refractivity contribution in [1.82, 2.24) is 0 Å². The minimum Gasteiger partial charge on any atom is -0.465 e. The molecule has 1 aromatic heterocycles. The lowest BCUT2D eigenvalue weighted by atomic mass is 10.2. The van der Waals surface area contributed by atoms with Crippen molar-refractivity contribution in [3.05, 3.63) is 21.4 Å². The molecule has 1 fully saturated rings. The highest BCUT2D eigenvalue weighted by Gasteiger charge is 2.35. The molecule has 1 aliphatic rings. The summed E-state index contributed by atoms with van der Waals surface area (Å²) in [5, 5.41) is 0. The van der Waals surface area contributed by atoms with E-state index >= 15 is 0 Å². The molecule has 1 aromatic rings. The Labute approximate surface area is 98.1 Å². The summed E-state index contributed by atoms with van der Waals surface area (Å²) in [5.74, 6) is -1.02. The molecule has 0 radical (unpaired) electrons. The van der Waals surface area contributed by atoms with Crippen molar-refractivity contribution in [2.24, 2.45) is 0 Å². The lowest BCUT2D eigenvalue weighted by molar-refractivity contribution is -0.146. The molecule has 0 N–H and O–H groups in total. The SMILES string of the molecule is COC(=O)c1sc(C2(C)OCCO2)cc1C. The van der Waals surface area contributed by atoms with Crippen LogP contribution >= 0.6 is 11.3 Å². The molecule has 5 heteroatoms. The van der Waals surface area contributed by atoms with E-state index in [0.717, 1.165) is 10.4 Å². The van der Waals surface area contributed by atoms with Gasteiger partial charge in [-0.15, -0.1) is 11.3 Å². The van der Waals surface area contributed by atoms with Gasteiger partial charge < -0.3 is 14.2 Å². The smallest absolute Gasteiger partial charge is 0.348 e. The van der Waals surface area contributed by atoms with Crippen molar-refractivity contribution in [2.75, 3.05) is 20.3 Å². The van der Waals surface area contributed by atoms with Crippen molar-refractivity contribution in [3.63, 3.8) is 0 Å². The maximum absolute atomic E-state index is 11.5. The molecule has 0 aromatic carbocycles. The Morgan fingerprint density at radius 1 is 1.50 bits per heavy atom. The summed E-state index contributed by atoms with van der Waals surface area (Å²) in [4.78, 5) is 13.0. The number of esters is 1. The molecule has 0 amide bonds. The second kappa shape index (κ2) is 4.16. The van der Waals surface area contributed by atoms with Gasteiger partial charge in [0.15, 0.2) is 0 Å². The van der Waals surface area contributed by atoms with Crippen LogP contribution in [-0.4, -0.2) is 26.3 Å². The summed E-state index contributed by atoms with van der Waals surface area (Å²) >= 11 is 1.36. The average molecular weight is 242 g/mol. The van der Waals surface area contributed by atoms with Crippen LogP contribution in [-0.2, 0) is 20.0 Å². The molecule has 88 valence electrons. The highest BCUT2D eigenvalue weighted by molar-refractivity contribution is 7.14. The van der Waals surface area contributed by atoms with Crippen molar-refractivity contribution in [2.45, 2.75) is 19.6 Å². The number of carbonyl (C=O) groups excluding carboxylic acids is 1. The van der Waals surface area contributed by atoms with Gasteiger partial charge >= 0.3 is 5.97 Å². The van der Waals surface area contributed by atoms with E-state index in [-0.39, 0.29) is 5.97 Å². The molecule has 0 spiro atoms. The third kappa shape index (κ3) is 1.86. The Morgan fingerprint density at radius 3 is 2.69 bits per heavy atom. The van der Waals surface area contributed by atoms with E-state index in [9.17, 15) is 4.79 Å². The van der Waals surface area contributed by atoms with Crippen LogP contribution in [0.1, 0.15) is 27.0 Å². The fraction of sp³-hybridized carbons (Fsp3) is 0.545. The van der Waals surface area contributed by atoms with Gasteiger partial charge in [0.2, 0.25) is 5.79 Å². The van der Waals surface area contributed by atoms with Gasteiger partial charge in [-0.25, -0.2) is 4.79 Å². The van der Waals surface area contributed by atoms with E-state index < -0.39 is 5.79 Å². The summed E-state index contributed by atoms with van der Waals surface area (Å²) < 4.78 is 15.8. The number of hydrogen-bond acceptors (Lipinski definition) is 5. The van der Waals surface area contributed by atoms with Crippen LogP contribution in [0.4, 0.5) is 0 Å². The Morgan fingerprint density at radius 2 is 2.12 bits per heavy atom. The number of thiophene rings is 1. The van der Waals surface area contributed by atoms with Crippen LogP contribution in [0.5, 0.6) is 0 Å². The monoisotopic (exact) mass is 242 g/mol. The Balaban J connectivity index is 2.33. The first-order chi connectivity index (χ1) is 7.57. The van der Waals surface area contributed by atoms with Crippen LogP contribution < -0.4 is 0 Å². The van der Waals surface area contributed by atoms with Gasteiger partial charge in [0, 0.05) is 0 Å². The van der Waals surface area contributed by atoms with E-state index in [1.807, 2.05) is 19.9 Å². The van der Waals surface area contributed by atoms with Crippen LogP contribution in [0.25, 0.3) is 0 Å². The van der Waals surface area contributed by atoms with Gasteiger partial charge in [-0.05, 0) is 25.5 Å². The lowest BCUT2D eigenvalue weighted by Gasteiger charge is -2.20. The van der Waals surface area contributed by atoms with Crippen molar-refractivity contribution >= 4 is 17.3 Å².